The maximum absolute atomic E-state index is 13.4. The molecule has 0 spiro atoms. The van der Waals surface area contributed by atoms with Gasteiger partial charge in [0.05, 0.1) is 18.2 Å². The number of fused-ring (bicyclic) bond motifs is 6. The van der Waals surface area contributed by atoms with Crippen molar-refractivity contribution in [2.75, 3.05) is 19.6 Å². The van der Waals surface area contributed by atoms with E-state index in [2.05, 4.69) is 15.9 Å². The Morgan fingerprint density at radius 3 is 2.97 bits per heavy atom. The quantitative estimate of drug-likeness (QED) is 0.705. The summed E-state index contributed by atoms with van der Waals surface area (Å²) in [5.74, 6) is 1.58. The van der Waals surface area contributed by atoms with Crippen LogP contribution in [0.1, 0.15) is 44.2 Å². The minimum Gasteiger partial charge on any atom is -0.335 e. The molecule has 6 rings (SSSR count). The molecule has 5 heterocycles. The van der Waals surface area contributed by atoms with Crippen molar-refractivity contribution < 1.29 is 4.79 Å². The first-order valence-corrected chi connectivity index (χ1v) is 12.5. The fourth-order valence-electron chi connectivity index (χ4n) is 6.47. The molecule has 4 atom stereocenters. The van der Waals surface area contributed by atoms with Gasteiger partial charge in [0.25, 0.3) is 0 Å². The van der Waals surface area contributed by atoms with Crippen LogP contribution in [0.3, 0.4) is 0 Å². The van der Waals surface area contributed by atoms with Gasteiger partial charge in [-0.05, 0) is 62.6 Å². The van der Waals surface area contributed by atoms with E-state index in [0.717, 1.165) is 29.8 Å². The highest BCUT2D eigenvalue weighted by molar-refractivity contribution is 7.12. The van der Waals surface area contributed by atoms with E-state index in [0.29, 0.717) is 24.3 Å². The first kappa shape index (κ1) is 18.8. The molecule has 4 aliphatic rings. The van der Waals surface area contributed by atoms with Crippen molar-refractivity contribution >= 4 is 17.2 Å². The molecule has 158 valence electrons. The average Bonchev–Trinajstić information content (AvgIpc) is 3.45. The lowest BCUT2D eigenvalue weighted by Crippen LogP contribution is -2.60. The summed E-state index contributed by atoms with van der Waals surface area (Å²) in [6.07, 6.45) is 14.7. The Kier molecular flexibility index (Phi) is 4.80. The molecule has 0 N–H and O–H groups in total. The Hall–Kier alpha value is -1.92. The fourth-order valence-corrected chi connectivity index (χ4v) is 7.26. The molecule has 3 aliphatic heterocycles. The van der Waals surface area contributed by atoms with Gasteiger partial charge in [0, 0.05) is 36.9 Å². The highest BCUT2D eigenvalue weighted by Crippen LogP contribution is 2.45. The number of hydrogen-bond acceptors (Lipinski definition) is 4. The first-order valence-electron chi connectivity index (χ1n) is 11.6. The number of piperidine rings is 3. The van der Waals surface area contributed by atoms with Crippen LogP contribution in [0.15, 0.2) is 41.6 Å². The van der Waals surface area contributed by atoms with Crippen LogP contribution in [0.25, 0.3) is 5.13 Å². The maximum Gasteiger partial charge on any atom is 0.229 e. The van der Waals surface area contributed by atoms with Gasteiger partial charge in [0.1, 0.15) is 0 Å². The fraction of sp³-hybridized carbons (Fsp3) is 0.583. The minimum atomic E-state index is 0.258. The van der Waals surface area contributed by atoms with Crippen molar-refractivity contribution in [1.82, 2.24) is 19.4 Å². The molecule has 0 radical (unpaired) electrons. The molecule has 3 saturated heterocycles. The molecule has 1 amide bonds. The molecule has 0 saturated carbocycles. The first-order chi connectivity index (χ1) is 14.8. The maximum atomic E-state index is 13.4. The molecule has 0 aromatic carbocycles. The summed E-state index contributed by atoms with van der Waals surface area (Å²) in [5.41, 5.74) is 2.46. The van der Waals surface area contributed by atoms with Crippen LogP contribution in [0.2, 0.25) is 0 Å². The van der Waals surface area contributed by atoms with Gasteiger partial charge in [-0.1, -0.05) is 18.1 Å². The van der Waals surface area contributed by atoms with Crippen molar-refractivity contribution in [1.29, 1.82) is 0 Å². The number of hydrogen-bond donors (Lipinski definition) is 0. The zero-order chi connectivity index (χ0) is 20.1. The van der Waals surface area contributed by atoms with E-state index in [1.807, 2.05) is 34.5 Å². The Morgan fingerprint density at radius 2 is 2.07 bits per heavy atom. The van der Waals surface area contributed by atoms with Gasteiger partial charge in [0.15, 0.2) is 5.13 Å². The van der Waals surface area contributed by atoms with E-state index in [1.54, 1.807) is 16.9 Å². The van der Waals surface area contributed by atoms with Gasteiger partial charge >= 0.3 is 0 Å². The topological polar surface area (TPSA) is 41.4 Å². The van der Waals surface area contributed by atoms with Gasteiger partial charge in [-0.25, -0.2) is 4.98 Å². The summed E-state index contributed by atoms with van der Waals surface area (Å²) in [4.78, 5) is 23.1. The second-order valence-corrected chi connectivity index (χ2v) is 10.3. The second kappa shape index (κ2) is 7.65. The number of carbonyl (C=O) groups is 1. The highest BCUT2D eigenvalue weighted by Gasteiger charge is 2.46. The monoisotopic (exact) mass is 422 g/mol. The second-order valence-electron chi connectivity index (χ2n) is 9.48. The van der Waals surface area contributed by atoms with Gasteiger partial charge in [0.2, 0.25) is 5.91 Å². The van der Waals surface area contributed by atoms with Crippen LogP contribution in [0, 0.1) is 11.8 Å². The number of aromatic nitrogens is 2. The number of likely N-dealkylation sites (tertiary alicyclic amines) is 1. The van der Waals surface area contributed by atoms with Crippen molar-refractivity contribution in [3.8, 4) is 5.13 Å². The normalized spacial score (nSPS) is 31.1. The lowest BCUT2D eigenvalue weighted by molar-refractivity contribution is -0.135. The molecule has 2 aromatic heterocycles. The standard InChI is InChI=1S/C24H30N4OS/c29-22(14-20-16-30-24(25-20)26-8-3-4-9-26)28-11-5-6-17-12-18-13-19(23(17)28)15-27-10-2-1-7-21(18)27/h3-4,8-9,12,16,18-19,21,23H,1-2,5-7,10-11,13-15H2/t18-,19+,21+,23+/m0/s1. The average molecular weight is 423 g/mol. The minimum absolute atomic E-state index is 0.258. The Balaban J connectivity index is 1.22. The summed E-state index contributed by atoms with van der Waals surface area (Å²) in [6, 6.07) is 5.09. The van der Waals surface area contributed by atoms with Crippen LogP contribution in [-0.2, 0) is 11.2 Å². The van der Waals surface area contributed by atoms with E-state index in [9.17, 15) is 4.79 Å². The predicted molar refractivity (Wildman–Crippen MR) is 119 cm³/mol. The van der Waals surface area contributed by atoms with E-state index in [-0.39, 0.29) is 5.91 Å². The van der Waals surface area contributed by atoms with Crippen LogP contribution < -0.4 is 0 Å². The largest absolute Gasteiger partial charge is 0.335 e. The van der Waals surface area contributed by atoms with Crippen LogP contribution in [-0.4, -0.2) is 57.0 Å². The summed E-state index contributed by atoms with van der Waals surface area (Å²) in [7, 11) is 0. The zero-order valence-corrected chi connectivity index (χ0v) is 18.3. The van der Waals surface area contributed by atoms with Crippen LogP contribution >= 0.6 is 11.3 Å². The molecular weight excluding hydrogens is 392 g/mol. The van der Waals surface area contributed by atoms with Crippen molar-refractivity contribution in [2.45, 2.75) is 57.0 Å². The summed E-state index contributed by atoms with van der Waals surface area (Å²) in [5, 5.41) is 2.98. The third-order valence-electron chi connectivity index (χ3n) is 7.67. The predicted octanol–water partition coefficient (Wildman–Crippen LogP) is 3.90. The van der Waals surface area contributed by atoms with Crippen LogP contribution in [0.4, 0.5) is 0 Å². The molecule has 2 aromatic rings. The number of rotatable bonds is 3. The molecule has 6 heteroatoms. The molecule has 0 unspecified atom stereocenters. The van der Waals surface area contributed by atoms with Crippen molar-refractivity contribution in [3.63, 3.8) is 0 Å². The van der Waals surface area contributed by atoms with Crippen molar-refractivity contribution in [3.05, 3.63) is 47.2 Å². The Labute approximate surface area is 182 Å². The van der Waals surface area contributed by atoms with Crippen LogP contribution in [0.5, 0.6) is 0 Å². The lowest BCUT2D eigenvalue weighted by atomic mass is 9.68. The van der Waals surface area contributed by atoms with Gasteiger partial charge in [-0.15, -0.1) is 11.3 Å². The number of thiazole rings is 1. The molecule has 30 heavy (non-hydrogen) atoms. The Morgan fingerprint density at radius 1 is 1.17 bits per heavy atom. The van der Waals surface area contributed by atoms with E-state index in [4.69, 9.17) is 4.98 Å². The van der Waals surface area contributed by atoms with Gasteiger partial charge in [-0.3, -0.25) is 9.69 Å². The summed E-state index contributed by atoms with van der Waals surface area (Å²) < 4.78 is 2.01. The summed E-state index contributed by atoms with van der Waals surface area (Å²) >= 11 is 1.61. The third kappa shape index (κ3) is 3.25. The number of nitrogens with zero attached hydrogens (tertiary/aromatic N) is 4. The molecular formula is C24H30N4OS. The van der Waals surface area contributed by atoms with Gasteiger partial charge in [-0.2, -0.15) is 0 Å². The zero-order valence-electron chi connectivity index (χ0n) is 17.4. The lowest BCUT2D eigenvalue weighted by Gasteiger charge is -2.54. The van der Waals surface area contributed by atoms with E-state index in [1.165, 1.54) is 45.2 Å². The number of amides is 1. The highest BCUT2D eigenvalue weighted by atomic mass is 32.1. The third-order valence-corrected chi connectivity index (χ3v) is 8.58. The molecule has 1 aliphatic carbocycles. The molecule has 5 nitrogen and oxygen atoms in total. The van der Waals surface area contributed by atoms with Gasteiger partial charge < -0.3 is 9.47 Å². The van der Waals surface area contributed by atoms with E-state index < -0.39 is 0 Å². The van der Waals surface area contributed by atoms with Crippen molar-refractivity contribution in [2.24, 2.45) is 11.8 Å². The smallest absolute Gasteiger partial charge is 0.229 e. The Bertz CT molecular complexity index is 948. The molecule has 3 fully saturated rings. The van der Waals surface area contributed by atoms with E-state index >= 15 is 0 Å². The number of carbonyl (C=O) groups excluding carboxylic acids is 1. The SMILES string of the molecule is O=C(Cc1csc(-n2cccc2)n1)N1CCCC2=C[C@H]3C[C@H](CN4CCCC[C@H]34)[C@@H]21. The summed E-state index contributed by atoms with van der Waals surface area (Å²) in [6.45, 7) is 3.34. The molecule has 2 bridgehead atoms.